The number of rotatable bonds is 7. The molecule has 184 valence electrons. The largest absolute Gasteiger partial charge is 0.381 e. The van der Waals surface area contributed by atoms with Crippen molar-refractivity contribution < 1.29 is 22.3 Å². The molecule has 1 aliphatic heterocycles. The van der Waals surface area contributed by atoms with Gasteiger partial charge in [-0.15, -0.1) is 0 Å². The van der Waals surface area contributed by atoms with Gasteiger partial charge in [-0.2, -0.15) is 0 Å². The molecule has 2 aromatic heterocycles. The molecule has 1 N–H and O–H groups in total. The first-order chi connectivity index (χ1) is 16.3. The molecule has 2 aliphatic rings. The second kappa shape index (κ2) is 10.4. The second-order valence-electron chi connectivity index (χ2n) is 9.15. The van der Waals surface area contributed by atoms with Gasteiger partial charge >= 0.3 is 0 Å². The van der Waals surface area contributed by atoms with Crippen LogP contribution in [0.15, 0.2) is 40.2 Å². The third kappa shape index (κ3) is 5.38. The highest BCUT2D eigenvalue weighted by molar-refractivity contribution is 7.92. The minimum absolute atomic E-state index is 0.0172. The van der Waals surface area contributed by atoms with E-state index in [2.05, 4.69) is 10.3 Å². The SMILES string of the molecule is Cc1cc(S(=O)(=O)C2CCCC2)cc(=O)n1[C@@H](CC1CCOCC1)C(=O)Nc1ccc(F)cn1. The lowest BCUT2D eigenvalue weighted by atomic mass is 9.91. The van der Waals surface area contributed by atoms with Gasteiger partial charge in [-0.3, -0.25) is 9.59 Å². The maximum Gasteiger partial charge on any atom is 0.252 e. The molecule has 34 heavy (non-hydrogen) atoms. The fourth-order valence-corrected chi connectivity index (χ4v) is 6.86. The van der Waals surface area contributed by atoms with Gasteiger partial charge in [-0.05, 0) is 63.1 Å². The predicted octanol–water partition coefficient (Wildman–Crippen LogP) is 3.40. The first-order valence-corrected chi connectivity index (χ1v) is 13.3. The molecule has 1 saturated heterocycles. The summed E-state index contributed by atoms with van der Waals surface area (Å²) in [5.41, 5.74) is -0.126. The number of hydrogen-bond acceptors (Lipinski definition) is 6. The number of carbonyl (C=O) groups is 1. The maximum atomic E-state index is 13.3. The number of halogens is 1. The number of carbonyl (C=O) groups excluding carboxylic acids is 1. The van der Waals surface area contributed by atoms with E-state index in [-0.39, 0.29) is 16.6 Å². The number of pyridine rings is 2. The van der Waals surface area contributed by atoms with Gasteiger partial charge in [0.05, 0.1) is 16.3 Å². The lowest BCUT2D eigenvalue weighted by Gasteiger charge is -2.28. The Kier molecular flexibility index (Phi) is 7.47. The zero-order valence-corrected chi connectivity index (χ0v) is 20.0. The fraction of sp³-hybridized carbons (Fsp3) is 0.542. The highest BCUT2D eigenvalue weighted by Crippen LogP contribution is 2.31. The van der Waals surface area contributed by atoms with Crippen LogP contribution in [0.4, 0.5) is 10.2 Å². The molecule has 3 heterocycles. The van der Waals surface area contributed by atoms with Crippen LogP contribution in [-0.2, 0) is 19.4 Å². The minimum Gasteiger partial charge on any atom is -0.381 e. The lowest BCUT2D eigenvalue weighted by molar-refractivity contribution is -0.120. The van der Waals surface area contributed by atoms with Gasteiger partial charge in [-0.1, -0.05) is 12.8 Å². The van der Waals surface area contributed by atoms with Crippen molar-refractivity contribution in [1.82, 2.24) is 9.55 Å². The third-order valence-corrected chi connectivity index (χ3v) is 9.04. The summed E-state index contributed by atoms with van der Waals surface area (Å²) < 4.78 is 46.1. The molecule has 0 aromatic carbocycles. The Morgan fingerprint density at radius 1 is 1.21 bits per heavy atom. The van der Waals surface area contributed by atoms with Crippen molar-refractivity contribution in [3.05, 3.63) is 52.3 Å². The molecule has 2 aromatic rings. The van der Waals surface area contributed by atoms with Crippen LogP contribution in [0.25, 0.3) is 0 Å². The maximum absolute atomic E-state index is 13.3. The van der Waals surface area contributed by atoms with E-state index in [0.29, 0.717) is 38.2 Å². The van der Waals surface area contributed by atoms with Crippen LogP contribution in [0.5, 0.6) is 0 Å². The Bertz CT molecular complexity index is 1180. The van der Waals surface area contributed by atoms with Crippen molar-refractivity contribution in [2.45, 2.75) is 68.1 Å². The summed E-state index contributed by atoms with van der Waals surface area (Å²) in [5.74, 6) is -0.640. The van der Waals surface area contributed by atoms with Crippen LogP contribution in [0.2, 0.25) is 0 Å². The Hall–Kier alpha value is -2.59. The van der Waals surface area contributed by atoms with Gasteiger partial charge in [0.25, 0.3) is 5.56 Å². The van der Waals surface area contributed by atoms with Gasteiger partial charge in [0.15, 0.2) is 9.84 Å². The highest BCUT2D eigenvalue weighted by atomic mass is 32.2. The standard InChI is InChI=1S/C24H30FN3O5S/c1-16-12-20(34(31,32)19-4-2-3-5-19)14-23(29)28(16)21(13-17-8-10-33-11-9-17)24(30)27-22-7-6-18(25)15-26-22/h6-7,12,14-15,17,19,21H,2-5,8-11,13H2,1H3,(H,26,27,30)/t21-/m0/s1. The number of sulfone groups is 1. The number of nitrogens with one attached hydrogen (secondary N) is 1. The molecule has 0 bridgehead atoms. The van der Waals surface area contributed by atoms with Crippen molar-refractivity contribution in [1.29, 1.82) is 0 Å². The van der Waals surface area contributed by atoms with E-state index in [1.807, 2.05) is 0 Å². The summed E-state index contributed by atoms with van der Waals surface area (Å²) in [6.45, 7) is 2.82. The summed E-state index contributed by atoms with van der Waals surface area (Å²) in [5, 5.41) is 2.21. The Labute approximate surface area is 198 Å². The Morgan fingerprint density at radius 2 is 1.91 bits per heavy atom. The fourth-order valence-electron chi connectivity index (χ4n) is 4.92. The van der Waals surface area contributed by atoms with E-state index in [1.54, 1.807) is 6.92 Å². The normalized spacial score (nSPS) is 18.6. The molecule has 0 unspecified atom stereocenters. The molecule has 4 rings (SSSR count). The summed E-state index contributed by atoms with van der Waals surface area (Å²) >= 11 is 0. The van der Waals surface area contributed by atoms with E-state index in [0.717, 1.165) is 37.9 Å². The zero-order valence-electron chi connectivity index (χ0n) is 19.2. The first kappa shape index (κ1) is 24.5. The van der Waals surface area contributed by atoms with Crippen LogP contribution >= 0.6 is 0 Å². The van der Waals surface area contributed by atoms with Gasteiger partial charge in [0.2, 0.25) is 5.91 Å². The number of aryl methyl sites for hydroxylation is 1. The number of aromatic nitrogens is 2. The quantitative estimate of drug-likeness (QED) is 0.636. The molecule has 10 heteroatoms. The number of hydrogen-bond donors (Lipinski definition) is 1. The molecule has 1 aliphatic carbocycles. The smallest absolute Gasteiger partial charge is 0.252 e. The molecule has 0 spiro atoms. The first-order valence-electron chi connectivity index (χ1n) is 11.7. The van der Waals surface area contributed by atoms with Crippen molar-refractivity contribution in [2.75, 3.05) is 18.5 Å². The van der Waals surface area contributed by atoms with Crippen molar-refractivity contribution in [2.24, 2.45) is 5.92 Å². The average molecular weight is 492 g/mol. The number of nitrogens with zero attached hydrogens (tertiary/aromatic N) is 2. The van der Waals surface area contributed by atoms with Crippen LogP contribution in [-0.4, -0.2) is 42.3 Å². The third-order valence-electron chi connectivity index (χ3n) is 6.79. The zero-order chi connectivity index (χ0) is 24.3. The van der Waals surface area contributed by atoms with Gasteiger partial charge < -0.3 is 14.6 Å². The minimum atomic E-state index is -3.60. The van der Waals surface area contributed by atoms with E-state index >= 15 is 0 Å². The van der Waals surface area contributed by atoms with E-state index in [4.69, 9.17) is 4.74 Å². The second-order valence-corrected chi connectivity index (χ2v) is 11.4. The average Bonchev–Trinajstić information content (AvgIpc) is 3.36. The van der Waals surface area contributed by atoms with E-state index < -0.39 is 38.4 Å². The predicted molar refractivity (Wildman–Crippen MR) is 125 cm³/mol. The van der Waals surface area contributed by atoms with E-state index in [1.165, 1.54) is 22.8 Å². The Morgan fingerprint density at radius 3 is 2.53 bits per heavy atom. The van der Waals surface area contributed by atoms with Crippen molar-refractivity contribution in [3.8, 4) is 0 Å². The lowest BCUT2D eigenvalue weighted by Crippen LogP contribution is -2.37. The van der Waals surface area contributed by atoms with E-state index in [9.17, 15) is 22.4 Å². The number of ether oxygens (including phenoxy) is 1. The van der Waals surface area contributed by atoms with Gasteiger partial charge in [0.1, 0.15) is 17.7 Å². The molecular weight excluding hydrogens is 461 g/mol. The van der Waals surface area contributed by atoms with Crippen LogP contribution in [0.3, 0.4) is 0 Å². The summed E-state index contributed by atoms with van der Waals surface area (Å²) in [4.78, 5) is 30.4. The molecule has 8 nitrogen and oxygen atoms in total. The molecule has 2 fully saturated rings. The monoisotopic (exact) mass is 491 g/mol. The highest BCUT2D eigenvalue weighted by Gasteiger charge is 2.33. The summed E-state index contributed by atoms with van der Waals surface area (Å²) in [6, 6.07) is 4.31. The molecule has 1 saturated carbocycles. The molecular formula is C24H30FN3O5S. The van der Waals surface area contributed by atoms with Gasteiger partial charge in [-0.25, -0.2) is 17.8 Å². The van der Waals surface area contributed by atoms with Crippen LogP contribution < -0.4 is 10.9 Å². The molecule has 0 radical (unpaired) electrons. The molecule has 1 amide bonds. The van der Waals surface area contributed by atoms with Crippen LogP contribution in [0.1, 0.15) is 56.7 Å². The summed E-state index contributed by atoms with van der Waals surface area (Å²) in [6.07, 6.45) is 5.86. The topological polar surface area (TPSA) is 107 Å². The Balaban J connectivity index is 1.67. The number of amides is 1. The molecule has 1 atom stereocenters. The number of anilines is 1. The van der Waals surface area contributed by atoms with Crippen molar-refractivity contribution in [3.63, 3.8) is 0 Å². The van der Waals surface area contributed by atoms with Crippen LogP contribution in [0, 0.1) is 18.7 Å². The summed E-state index contributed by atoms with van der Waals surface area (Å²) in [7, 11) is -3.60. The van der Waals surface area contributed by atoms with Crippen molar-refractivity contribution >= 4 is 21.6 Å². The van der Waals surface area contributed by atoms with Gasteiger partial charge in [0, 0.05) is 25.0 Å².